The van der Waals surface area contributed by atoms with Crippen molar-refractivity contribution in [3.05, 3.63) is 47.7 Å². The minimum Gasteiger partial charge on any atom is -0.448 e. The first-order chi connectivity index (χ1) is 11.5. The number of oxazole rings is 1. The van der Waals surface area contributed by atoms with Crippen molar-refractivity contribution in [1.82, 2.24) is 9.88 Å². The van der Waals surface area contributed by atoms with Crippen LogP contribution in [0.4, 0.5) is 8.78 Å². The number of carbonyl (C=O) groups excluding carboxylic acids is 1. The van der Waals surface area contributed by atoms with E-state index in [9.17, 15) is 13.6 Å². The normalized spacial score (nSPS) is 18.0. The summed E-state index contributed by atoms with van der Waals surface area (Å²) in [5.41, 5.74) is 0.938. The van der Waals surface area contributed by atoms with Crippen molar-refractivity contribution in [3.63, 3.8) is 0 Å². The first-order valence-corrected chi connectivity index (χ1v) is 7.40. The molecule has 0 N–H and O–H groups in total. The summed E-state index contributed by atoms with van der Waals surface area (Å²) in [5.74, 6) is 0.270. The molecule has 2 heterocycles. The number of morpholine rings is 1. The van der Waals surface area contributed by atoms with E-state index in [2.05, 4.69) is 9.72 Å². The van der Waals surface area contributed by atoms with Crippen LogP contribution in [-0.2, 0) is 4.74 Å². The number of ether oxygens (including phenoxy) is 2. The standard InChI is InChI=1S/C16H16F2N2O4/c1-10-14(19-9-23-10)15(21)20-5-6-22-13(8-20)11-3-2-4-12(7-11)24-16(17)18/h2-4,7,9,13,16H,5-6,8H2,1H3. The van der Waals surface area contributed by atoms with E-state index >= 15 is 0 Å². The highest BCUT2D eigenvalue weighted by Crippen LogP contribution is 2.27. The third-order valence-corrected chi connectivity index (χ3v) is 3.76. The largest absolute Gasteiger partial charge is 0.448 e. The van der Waals surface area contributed by atoms with Crippen LogP contribution in [-0.4, -0.2) is 42.1 Å². The summed E-state index contributed by atoms with van der Waals surface area (Å²) in [7, 11) is 0. The molecule has 1 fully saturated rings. The molecule has 1 aliphatic heterocycles. The quantitative estimate of drug-likeness (QED) is 0.858. The lowest BCUT2D eigenvalue weighted by Crippen LogP contribution is -2.42. The maximum Gasteiger partial charge on any atom is 0.387 e. The zero-order chi connectivity index (χ0) is 17.1. The first-order valence-electron chi connectivity index (χ1n) is 7.40. The molecule has 1 aromatic heterocycles. The van der Waals surface area contributed by atoms with E-state index in [0.29, 0.717) is 31.0 Å². The van der Waals surface area contributed by atoms with Crippen LogP contribution in [0.5, 0.6) is 5.75 Å². The van der Waals surface area contributed by atoms with Gasteiger partial charge in [0.15, 0.2) is 12.1 Å². The molecular weight excluding hydrogens is 322 g/mol. The van der Waals surface area contributed by atoms with Crippen molar-refractivity contribution in [2.45, 2.75) is 19.6 Å². The Bertz CT molecular complexity index is 720. The zero-order valence-corrected chi connectivity index (χ0v) is 12.9. The van der Waals surface area contributed by atoms with Crippen LogP contribution in [0, 0.1) is 6.92 Å². The molecule has 1 aromatic carbocycles. The van der Waals surface area contributed by atoms with Gasteiger partial charge in [-0.15, -0.1) is 0 Å². The lowest BCUT2D eigenvalue weighted by molar-refractivity contribution is -0.0504. The van der Waals surface area contributed by atoms with Gasteiger partial charge in [0, 0.05) is 6.54 Å². The number of benzene rings is 1. The molecule has 1 saturated heterocycles. The number of amides is 1. The third kappa shape index (κ3) is 3.53. The topological polar surface area (TPSA) is 64.8 Å². The summed E-state index contributed by atoms with van der Waals surface area (Å²) in [6, 6.07) is 6.30. The van der Waals surface area contributed by atoms with E-state index in [1.54, 1.807) is 24.0 Å². The second-order valence-corrected chi connectivity index (χ2v) is 5.32. The van der Waals surface area contributed by atoms with Gasteiger partial charge < -0.3 is 18.8 Å². The van der Waals surface area contributed by atoms with E-state index < -0.39 is 12.7 Å². The molecule has 3 rings (SSSR count). The number of hydrogen-bond acceptors (Lipinski definition) is 5. The van der Waals surface area contributed by atoms with E-state index in [1.165, 1.54) is 18.5 Å². The molecule has 1 unspecified atom stereocenters. The number of aryl methyl sites for hydroxylation is 1. The van der Waals surface area contributed by atoms with E-state index in [4.69, 9.17) is 9.15 Å². The fourth-order valence-corrected chi connectivity index (χ4v) is 2.59. The Balaban J connectivity index is 1.74. The van der Waals surface area contributed by atoms with Crippen LogP contribution in [0.15, 0.2) is 35.1 Å². The molecule has 1 amide bonds. The van der Waals surface area contributed by atoms with Gasteiger partial charge in [0.05, 0.1) is 13.2 Å². The highest BCUT2D eigenvalue weighted by atomic mass is 19.3. The Kier molecular flexibility index (Phi) is 4.75. The monoisotopic (exact) mass is 338 g/mol. The van der Waals surface area contributed by atoms with Gasteiger partial charge in [-0.1, -0.05) is 12.1 Å². The average molecular weight is 338 g/mol. The van der Waals surface area contributed by atoms with Crippen molar-refractivity contribution in [1.29, 1.82) is 0 Å². The third-order valence-electron chi connectivity index (χ3n) is 3.76. The minimum absolute atomic E-state index is 0.0573. The van der Waals surface area contributed by atoms with Crippen LogP contribution >= 0.6 is 0 Å². The van der Waals surface area contributed by atoms with Crippen LogP contribution < -0.4 is 4.74 Å². The van der Waals surface area contributed by atoms with Gasteiger partial charge in [0.1, 0.15) is 17.6 Å². The maximum atomic E-state index is 12.5. The van der Waals surface area contributed by atoms with Crippen molar-refractivity contribution < 1.29 is 27.5 Å². The van der Waals surface area contributed by atoms with Crippen molar-refractivity contribution in [3.8, 4) is 5.75 Å². The van der Waals surface area contributed by atoms with Crippen LogP contribution in [0.2, 0.25) is 0 Å². The minimum atomic E-state index is -2.89. The highest BCUT2D eigenvalue weighted by Gasteiger charge is 2.28. The van der Waals surface area contributed by atoms with Gasteiger partial charge in [-0.05, 0) is 24.6 Å². The highest BCUT2D eigenvalue weighted by molar-refractivity contribution is 5.93. The summed E-state index contributed by atoms with van der Waals surface area (Å²) in [5, 5.41) is 0. The Morgan fingerprint density at radius 1 is 1.46 bits per heavy atom. The summed E-state index contributed by atoms with van der Waals surface area (Å²) in [4.78, 5) is 18.0. The molecule has 0 spiro atoms. The van der Waals surface area contributed by atoms with Crippen molar-refractivity contribution in [2.75, 3.05) is 19.7 Å². The van der Waals surface area contributed by atoms with E-state index in [0.717, 1.165) is 0 Å². The van der Waals surface area contributed by atoms with Crippen molar-refractivity contribution in [2.24, 2.45) is 0 Å². The predicted molar refractivity (Wildman–Crippen MR) is 78.9 cm³/mol. The number of hydrogen-bond donors (Lipinski definition) is 0. The summed E-state index contributed by atoms with van der Waals surface area (Å²) in [6.45, 7) is -0.157. The van der Waals surface area contributed by atoms with Gasteiger partial charge in [0.2, 0.25) is 0 Å². The molecular formula is C16H16F2N2O4. The number of rotatable bonds is 4. The Morgan fingerprint density at radius 2 is 2.29 bits per heavy atom. The summed E-state index contributed by atoms with van der Waals surface area (Å²) >= 11 is 0. The second kappa shape index (κ2) is 6.96. The van der Waals surface area contributed by atoms with Crippen LogP contribution in [0.3, 0.4) is 0 Å². The zero-order valence-electron chi connectivity index (χ0n) is 12.9. The fraction of sp³-hybridized carbons (Fsp3) is 0.375. The molecule has 1 aliphatic rings. The smallest absolute Gasteiger partial charge is 0.387 e. The number of aromatic nitrogens is 1. The molecule has 128 valence electrons. The van der Waals surface area contributed by atoms with Gasteiger partial charge in [-0.3, -0.25) is 4.79 Å². The summed E-state index contributed by atoms with van der Waals surface area (Å²) < 4.78 is 39.8. The lowest BCUT2D eigenvalue weighted by atomic mass is 10.1. The molecule has 8 heteroatoms. The molecule has 2 aromatic rings. The van der Waals surface area contributed by atoms with Crippen LogP contribution in [0.1, 0.15) is 27.9 Å². The number of alkyl halides is 2. The molecule has 6 nitrogen and oxygen atoms in total. The van der Waals surface area contributed by atoms with E-state index in [1.807, 2.05) is 0 Å². The van der Waals surface area contributed by atoms with Gasteiger partial charge >= 0.3 is 6.61 Å². The molecule has 0 aliphatic carbocycles. The predicted octanol–water partition coefficient (Wildman–Crippen LogP) is 2.80. The first kappa shape index (κ1) is 16.4. The molecule has 24 heavy (non-hydrogen) atoms. The molecule has 0 saturated carbocycles. The lowest BCUT2D eigenvalue weighted by Gasteiger charge is -2.33. The Morgan fingerprint density at radius 3 is 3.00 bits per heavy atom. The maximum absolute atomic E-state index is 12.5. The average Bonchev–Trinajstić information content (AvgIpc) is 3.00. The fourth-order valence-electron chi connectivity index (χ4n) is 2.59. The van der Waals surface area contributed by atoms with Crippen molar-refractivity contribution >= 4 is 5.91 Å². The van der Waals surface area contributed by atoms with Gasteiger partial charge in [-0.25, -0.2) is 4.98 Å². The second-order valence-electron chi connectivity index (χ2n) is 5.32. The number of nitrogens with zero attached hydrogens (tertiary/aromatic N) is 2. The number of carbonyl (C=O) groups is 1. The van der Waals surface area contributed by atoms with Gasteiger partial charge in [0.25, 0.3) is 5.91 Å². The van der Waals surface area contributed by atoms with E-state index in [-0.39, 0.29) is 17.4 Å². The van der Waals surface area contributed by atoms with Crippen LogP contribution in [0.25, 0.3) is 0 Å². The molecule has 0 bridgehead atoms. The summed E-state index contributed by atoms with van der Waals surface area (Å²) in [6.07, 6.45) is 0.808. The Hall–Kier alpha value is -2.48. The SMILES string of the molecule is Cc1ocnc1C(=O)N1CCOC(c2cccc(OC(F)F)c2)C1. The van der Waals surface area contributed by atoms with Gasteiger partial charge in [-0.2, -0.15) is 8.78 Å². The Labute approximate surface area is 137 Å². The molecule has 0 radical (unpaired) electrons. The number of halogens is 2. The molecule has 1 atom stereocenters.